The van der Waals surface area contributed by atoms with E-state index in [0.29, 0.717) is 11.0 Å². The third kappa shape index (κ3) is 3.07. The maximum absolute atomic E-state index is 11.9. The number of hydrogen-bond donors (Lipinski definition) is 1. The van der Waals surface area contributed by atoms with Crippen LogP contribution in [0.1, 0.15) is 44.0 Å². The van der Waals surface area contributed by atoms with Crippen LogP contribution in [0.3, 0.4) is 0 Å². The third-order valence-electron chi connectivity index (χ3n) is 3.26. The molecular weight excluding hydrogens is 246 g/mol. The van der Waals surface area contributed by atoms with Gasteiger partial charge in [0.1, 0.15) is 0 Å². The lowest BCUT2D eigenvalue weighted by molar-refractivity contribution is -0.119. The number of hydrogen-bond acceptors (Lipinski definition) is 3. The topological polar surface area (TPSA) is 46.9 Å². The van der Waals surface area contributed by atoms with Gasteiger partial charge < -0.3 is 5.32 Å². The lowest BCUT2D eigenvalue weighted by Crippen LogP contribution is -2.32. The van der Waals surface area contributed by atoms with E-state index in [1.165, 1.54) is 11.3 Å². The molecular formula is C13H21N3OS. The highest BCUT2D eigenvalue weighted by Crippen LogP contribution is 2.29. The zero-order valence-electron chi connectivity index (χ0n) is 11.3. The highest BCUT2D eigenvalue weighted by atomic mass is 32.2. The van der Waals surface area contributed by atoms with Gasteiger partial charge in [0.15, 0.2) is 0 Å². The predicted molar refractivity (Wildman–Crippen MR) is 74.6 cm³/mol. The summed E-state index contributed by atoms with van der Waals surface area (Å²) < 4.78 is 1.93. The molecule has 1 N–H and O–H groups in total. The average Bonchev–Trinajstić information content (AvgIpc) is 2.70. The van der Waals surface area contributed by atoms with Gasteiger partial charge >= 0.3 is 0 Å². The molecule has 100 valence electrons. The number of rotatable bonds is 4. The number of carbonyl (C=O) groups is 1. The maximum atomic E-state index is 11.9. The third-order valence-corrected chi connectivity index (χ3v) is 4.35. The van der Waals surface area contributed by atoms with Crippen molar-refractivity contribution in [1.29, 1.82) is 0 Å². The zero-order valence-corrected chi connectivity index (χ0v) is 12.1. The van der Waals surface area contributed by atoms with Crippen LogP contribution in [-0.2, 0) is 18.3 Å². The summed E-state index contributed by atoms with van der Waals surface area (Å²) in [5, 5.41) is 7.92. The summed E-state index contributed by atoms with van der Waals surface area (Å²) >= 11 is 1.68. The molecule has 0 fully saturated rings. The van der Waals surface area contributed by atoms with Gasteiger partial charge in [-0.05, 0) is 24.5 Å². The van der Waals surface area contributed by atoms with Crippen LogP contribution in [0.15, 0.2) is 6.20 Å². The lowest BCUT2D eigenvalue weighted by atomic mass is 9.93. The molecule has 1 heterocycles. The first-order valence-corrected chi connectivity index (χ1v) is 7.54. The van der Waals surface area contributed by atoms with Gasteiger partial charge in [-0.1, -0.05) is 13.8 Å². The monoisotopic (exact) mass is 267 g/mol. The van der Waals surface area contributed by atoms with Gasteiger partial charge in [-0.3, -0.25) is 9.48 Å². The van der Waals surface area contributed by atoms with E-state index < -0.39 is 0 Å². The largest absolute Gasteiger partial charge is 0.348 e. The van der Waals surface area contributed by atoms with Crippen molar-refractivity contribution < 1.29 is 4.79 Å². The molecule has 1 aromatic heterocycles. The van der Waals surface area contributed by atoms with E-state index in [1.54, 1.807) is 11.8 Å². The number of carbonyl (C=O) groups excluding carboxylic acids is 1. The number of nitrogens with zero attached hydrogens (tertiary/aromatic N) is 2. The molecule has 0 bridgehead atoms. The van der Waals surface area contributed by atoms with E-state index in [2.05, 4.69) is 24.3 Å². The number of fused-ring (bicyclic) bond motifs is 1. The summed E-state index contributed by atoms with van der Waals surface area (Å²) in [6.07, 6.45) is 5.11. The molecule has 1 aliphatic carbocycles. The normalized spacial score (nSPS) is 18.8. The number of aryl methyl sites for hydroxylation is 1. The molecule has 1 atom stereocenters. The Kier molecular flexibility index (Phi) is 4.32. The van der Waals surface area contributed by atoms with Gasteiger partial charge in [0.25, 0.3) is 0 Å². The van der Waals surface area contributed by atoms with Gasteiger partial charge in [-0.25, -0.2) is 0 Å². The molecule has 5 heteroatoms. The Morgan fingerprint density at radius 3 is 3.17 bits per heavy atom. The molecule has 0 unspecified atom stereocenters. The molecule has 1 aliphatic rings. The van der Waals surface area contributed by atoms with Crippen LogP contribution >= 0.6 is 11.8 Å². The van der Waals surface area contributed by atoms with Gasteiger partial charge in [0.2, 0.25) is 5.91 Å². The summed E-state index contributed by atoms with van der Waals surface area (Å²) in [5.41, 5.74) is 2.47. The standard InChI is InChI=1S/C13H21N3OS/c1-9(2)18-8-13(17)15-11-5-4-6-12-10(11)7-14-16(12)3/h7,9,11H,4-6,8H2,1-3H3,(H,15,17)/t11-/m1/s1. The molecule has 2 rings (SSSR count). The van der Waals surface area contributed by atoms with Crippen LogP contribution in [0.4, 0.5) is 0 Å². The second-order valence-corrected chi connectivity index (χ2v) is 6.61. The van der Waals surface area contributed by atoms with Crippen molar-refractivity contribution in [2.24, 2.45) is 7.05 Å². The number of amides is 1. The minimum absolute atomic E-state index is 0.135. The molecule has 0 radical (unpaired) electrons. The SMILES string of the molecule is CC(C)SCC(=O)N[C@@H]1CCCc2c1cnn2C. The van der Waals surface area contributed by atoms with Crippen LogP contribution in [0.5, 0.6) is 0 Å². The summed E-state index contributed by atoms with van der Waals surface area (Å²) in [7, 11) is 1.97. The summed E-state index contributed by atoms with van der Waals surface area (Å²) in [4.78, 5) is 11.9. The van der Waals surface area contributed by atoms with Gasteiger partial charge in [0, 0.05) is 18.3 Å². The van der Waals surface area contributed by atoms with Crippen LogP contribution in [0, 0.1) is 0 Å². The molecule has 0 spiro atoms. The Balaban J connectivity index is 1.96. The first-order chi connectivity index (χ1) is 8.58. The van der Waals surface area contributed by atoms with Crippen molar-refractivity contribution in [3.63, 3.8) is 0 Å². The first-order valence-electron chi connectivity index (χ1n) is 6.49. The minimum Gasteiger partial charge on any atom is -0.348 e. The van der Waals surface area contributed by atoms with E-state index in [0.717, 1.165) is 19.3 Å². The fourth-order valence-corrected chi connectivity index (χ4v) is 2.90. The Bertz CT molecular complexity index is 428. The number of thioether (sulfide) groups is 1. The van der Waals surface area contributed by atoms with E-state index >= 15 is 0 Å². The highest BCUT2D eigenvalue weighted by molar-refractivity contribution is 8.00. The predicted octanol–water partition coefficient (Wildman–Crippen LogP) is 2.06. The average molecular weight is 267 g/mol. The Labute approximate surface area is 113 Å². The van der Waals surface area contributed by atoms with Crippen LogP contribution in [-0.4, -0.2) is 26.7 Å². The van der Waals surface area contributed by atoms with Gasteiger partial charge in [-0.15, -0.1) is 11.8 Å². The second kappa shape index (κ2) is 5.78. The number of nitrogens with one attached hydrogen (secondary N) is 1. The van der Waals surface area contributed by atoms with Crippen LogP contribution < -0.4 is 5.32 Å². The Morgan fingerprint density at radius 2 is 2.44 bits per heavy atom. The first kappa shape index (κ1) is 13.5. The smallest absolute Gasteiger partial charge is 0.230 e. The van der Waals surface area contributed by atoms with Crippen LogP contribution in [0.2, 0.25) is 0 Å². The summed E-state index contributed by atoms with van der Waals surface area (Å²) in [6.45, 7) is 4.22. The molecule has 4 nitrogen and oxygen atoms in total. The second-order valence-electron chi connectivity index (χ2n) is 5.04. The Morgan fingerprint density at radius 1 is 1.67 bits per heavy atom. The zero-order chi connectivity index (χ0) is 13.1. The van der Waals surface area contributed by atoms with Crippen LogP contribution in [0.25, 0.3) is 0 Å². The van der Waals surface area contributed by atoms with Crippen molar-refractivity contribution in [1.82, 2.24) is 15.1 Å². The quantitative estimate of drug-likeness (QED) is 0.908. The molecule has 1 amide bonds. The molecule has 0 saturated heterocycles. The fourth-order valence-electron chi connectivity index (χ4n) is 2.33. The van der Waals surface area contributed by atoms with Gasteiger partial charge in [-0.2, -0.15) is 5.10 Å². The summed E-state index contributed by atoms with van der Waals surface area (Å²) in [6, 6.07) is 0.155. The molecule has 0 saturated carbocycles. The van der Waals surface area contributed by atoms with Crippen molar-refractivity contribution in [3.05, 3.63) is 17.5 Å². The minimum atomic E-state index is 0.135. The highest BCUT2D eigenvalue weighted by Gasteiger charge is 2.24. The lowest BCUT2D eigenvalue weighted by Gasteiger charge is -2.23. The Hall–Kier alpha value is -0.970. The molecule has 0 aliphatic heterocycles. The molecule has 1 aromatic rings. The fraction of sp³-hybridized carbons (Fsp3) is 0.692. The van der Waals surface area contributed by atoms with E-state index in [9.17, 15) is 4.79 Å². The van der Waals surface area contributed by atoms with Crippen molar-refractivity contribution >= 4 is 17.7 Å². The molecule has 18 heavy (non-hydrogen) atoms. The molecule has 0 aromatic carbocycles. The van der Waals surface area contributed by atoms with E-state index in [4.69, 9.17) is 0 Å². The summed E-state index contributed by atoms with van der Waals surface area (Å²) in [5.74, 6) is 0.680. The number of aromatic nitrogens is 2. The maximum Gasteiger partial charge on any atom is 0.230 e. The van der Waals surface area contributed by atoms with Crippen molar-refractivity contribution in [2.45, 2.75) is 44.4 Å². The van der Waals surface area contributed by atoms with Crippen molar-refractivity contribution in [3.8, 4) is 0 Å². The van der Waals surface area contributed by atoms with E-state index in [1.807, 2.05) is 17.9 Å². The van der Waals surface area contributed by atoms with Gasteiger partial charge in [0.05, 0.1) is 18.0 Å². The van der Waals surface area contributed by atoms with E-state index in [-0.39, 0.29) is 11.9 Å². The van der Waals surface area contributed by atoms with Crippen molar-refractivity contribution in [2.75, 3.05) is 5.75 Å².